The van der Waals surface area contributed by atoms with Crippen molar-refractivity contribution in [2.24, 2.45) is 0 Å². The van der Waals surface area contributed by atoms with Gasteiger partial charge in [-0.25, -0.2) is 9.97 Å². The van der Waals surface area contributed by atoms with Crippen molar-refractivity contribution >= 4 is 29.2 Å². The molecule has 0 spiro atoms. The smallest absolute Gasteiger partial charge is 0.272 e. The van der Waals surface area contributed by atoms with Crippen molar-refractivity contribution in [3.05, 3.63) is 47.3 Å². The maximum Gasteiger partial charge on any atom is 0.272 e. The van der Waals surface area contributed by atoms with Gasteiger partial charge in [0.15, 0.2) is 0 Å². The van der Waals surface area contributed by atoms with Gasteiger partial charge in [-0.1, -0.05) is 23.9 Å². The maximum absolute atomic E-state index is 4.61. The topological polar surface area (TPSA) is 93.8 Å². The molecule has 0 bridgehead atoms. The van der Waals surface area contributed by atoms with Crippen molar-refractivity contribution in [3.8, 4) is 11.4 Å². The van der Waals surface area contributed by atoms with Gasteiger partial charge in [0.05, 0.1) is 11.4 Å². The molecule has 0 saturated carbocycles. The van der Waals surface area contributed by atoms with E-state index >= 15 is 0 Å². The number of aromatic nitrogens is 7. The van der Waals surface area contributed by atoms with Crippen LogP contribution in [0, 0.1) is 20.8 Å². The van der Waals surface area contributed by atoms with Gasteiger partial charge < -0.3 is 5.32 Å². The highest BCUT2D eigenvalue weighted by molar-refractivity contribution is 7.98. The lowest BCUT2D eigenvalue weighted by molar-refractivity contribution is 0.824. The monoisotopic (exact) mass is 378 g/mol. The highest BCUT2D eigenvalue weighted by atomic mass is 32.2. The van der Waals surface area contributed by atoms with Crippen molar-refractivity contribution in [2.75, 3.05) is 11.6 Å². The minimum absolute atomic E-state index is 0.475. The Kier molecular flexibility index (Phi) is 4.44. The molecule has 0 atom stereocenters. The molecular formula is C18H18N8S. The molecular weight excluding hydrogens is 360 g/mol. The maximum atomic E-state index is 4.61. The number of hydrogen-bond acceptors (Lipinski definition) is 8. The first-order valence-electron chi connectivity index (χ1n) is 8.37. The normalized spacial score (nSPS) is 11.1. The quantitative estimate of drug-likeness (QED) is 0.540. The van der Waals surface area contributed by atoms with E-state index in [1.54, 1.807) is 10.7 Å². The van der Waals surface area contributed by atoms with E-state index in [4.69, 9.17) is 0 Å². The molecule has 1 aromatic carbocycles. The lowest BCUT2D eigenvalue weighted by atomic mass is 10.1. The van der Waals surface area contributed by atoms with Gasteiger partial charge in [0.25, 0.3) is 5.78 Å². The van der Waals surface area contributed by atoms with Crippen molar-refractivity contribution in [1.82, 2.24) is 34.8 Å². The molecule has 0 aliphatic rings. The highest BCUT2D eigenvalue weighted by Gasteiger charge is 2.14. The number of thioether (sulfide) groups is 1. The molecule has 27 heavy (non-hydrogen) atoms. The van der Waals surface area contributed by atoms with Gasteiger partial charge in [0, 0.05) is 11.9 Å². The van der Waals surface area contributed by atoms with Crippen LogP contribution in [0.5, 0.6) is 0 Å². The number of nitrogens with one attached hydrogen (secondary N) is 1. The van der Waals surface area contributed by atoms with Gasteiger partial charge in [-0.3, -0.25) is 0 Å². The van der Waals surface area contributed by atoms with Crippen LogP contribution in [0.1, 0.15) is 16.8 Å². The molecule has 0 aliphatic carbocycles. The molecule has 4 rings (SSSR count). The Balaban J connectivity index is 1.73. The van der Waals surface area contributed by atoms with Crippen LogP contribution in [0.15, 0.2) is 35.6 Å². The van der Waals surface area contributed by atoms with Crippen LogP contribution in [0.2, 0.25) is 0 Å². The summed E-state index contributed by atoms with van der Waals surface area (Å²) in [5, 5.41) is 16.9. The summed E-state index contributed by atoms with van der Waals surface area (Å²) in [5.74, 6) is 0.981. The van der Waals surface area contributed by atoms with Gasteiger partial charge in [-0.15, -0.1) is 15.3 Å². The van der Waals surface area contributed by atoms with E-state index in [2.05, 4.69) is 55.5 Å². The third kappa shape index (κ3) is 3.21. The lowest BCUT2D eigenvalue weighted by Crippen LogP contribution is -2.05. The summed E-state index contributed by atoms with van der Waals surface area (Å²) in [6, 6.07) is 7.90. The average molecular weight is 378 g/mol. The van der Waals surface area contributed by atoms with Crippen LogP contribution in [-0.4, -0.2) is 41.0 Å². The molecule has 0 fully saturated rings. The summed E-state index contributed by atoms with van der Waals surface area (Å²) in [6.07, 6.45) is 3.63. The lowest BCUT2D eigenvalue weighted by Gasteiger charge is -2.11. The van der Waals surface area contributed by atoms with E-state index in [1.807, 2.05) is 31.4 Å². The van der Waals surface area contributed by atoms with Crippen molar-refractivity contribution in [1.29, 1.82) is 0 Å². The zero-order chi connectivity index (χ0) is 19.0. The minimum atomic E-state index is 0.475. The fraction of sp³-hybridized carbons (Fsp3) is 0.222. The van der Waals surface area contributed by atoms with E-state index < -0.39 is 0 Å². The molecule has 0 aliphatic heterocycles. The molecule has 0 amide bonds. The Hall–Kier alpha value is -3.07. The van der Waals surface area contributed by atoms with Gasteiger partial charge in [0.1, 0.15) is 5.69 Å². The minimum Gasteiger partial charge on any atom is -0.324 e. The third-order valence-electron chi connectivity index (χ3n) is 4.40. The molecule has 1 N–H and O–H groups in total. The summed E-state index contributed by atoms with van der Waals surface area (Å²) < 4.78 is 1.69. The number of nitrogens with zero attached hydrogens (tertiary/aromatic N) is 7. The molecule has 0 saturated heterocycles. The van der Waals surface area contributed by atoms with Crippen LogP contribution in [0.25, 0.3) is 17.2 Å². The first-order valence-corrected chi connectivity index (χ1v) is 9.60. The number of fused-ring (bicyclic) bond motifs is 1. The van der Waals surface area contributed by atoms with Crippen LogP contribution < -0.4 is 5.32 Å². The van der Waals surface area contributed by atoms with Crippen LogP contribution in [0.3, 0.4) is 0 Å². The fourth-order valence-corrected chi connectivity index (χ4v) is 3.06. The fourth-order valence-electron chi connectivity index (χ4n) is 2.72. The molecule has 0 radical (unpaired) electrons. The number of aryl methyl sites for hydroxylation is 2. The van der Waals surface area contributed by atoms with E-state index in [0.717, 1.165) is 16.9 Å². The van der Waals surface area contributed by atoms with E-state index in [1.165, 1.54) is 17.3 Å². The molecule has 3 heterocycles. The summed E-state index contributed by atoms with van der Waals surface area (Å²) in [7, 11) is 0. The van der Waals surface area contributed by atoms with E-state index in [9.17, 15) is 0 Å². The highest BCUT2D eigenvalue weighted by Crippen LogP contribution is 2.24. The van der Waals surface area contributed by atoms with Crippen LogP contribution in [-0.2, 0) is 0 Å². The Bertz CT molecular complexity index is 1140. The number of anilines is 2. The second-order valence-electron chi connectivity index (χ2n) is 6.08. The molecule has 0 unspecified atom stereocenters. The Morgan fingerprint density at radius 1 is 1.04 bits per heavy atom. The first kappa shape index (κ1) is 17.3. The summed E-state index contributed by atoms with van der Waals surface area (Å²) in [6.45, 7) is 6.07. The van der Waals surface area contributed by atoms with Gasteiger partial charge in [-0.05, 0) is 50.3 Å². The van der Waals surface area contributed by atoms with Crippen LogP contribution >= 0.6 is 11.8 Å². The van der Waals surface area contributed by atoms with Crippen molar-refractivity contribution < 1.29 is 0 Å². The number of benzene rings is 1. The summed E-state index contributed by atoms with van der Waals surface area (Å²) in [5.41, 5.74) is 5.49. The van der Waals surface area contributed by atoms with E-state index in [0.29, 0.717) is 28.3 Å². The van der Waals surface area contributed by atoms with E-state index in [-0.39, 0.29) is 0 Å². The number of rotatable bonds is 4. The van der Waals surface area contributed by atoms with Crippen LogP contribution in [0.4, 0.5) is 11.6 Å². The molecule has 136 valence electrons. The number of hydrogen-bond donors (Lipinski definition) is 1. The SMILES string of the molecule is CSc1nc2nnc(-c3ccnc(Nc4cccc(C)c4C)n3)c(C)n2n1. The third-order valence-corrected chi connectivity index (χ3v) is 4.94. The largest absolute Gasteiger partial charge is 0.324 e. The molecule has 3 aromatic heterocycles. The standard InChI is InChI=1S/C18H18N8S/c1-10-6-5-7-13(11(10)2)20-16-19-9-8-14(21-16)15-12(3)26-17(24-23-15)22-18(25-26)27-4/h5-9H,1-4H3,(H,19,20,21). The van der Waals surface area contributed by atoms with Gasteiger partial charge in [-0.2, -0.15) is 9.50 Å². The predicted octanol–water partition coefficient (Wildman–Crippen LogP) is 3.37. The van der Waals surface area contributed by atoms with Crippen molar-refractivity contribution in [3.63, 3.8) is 0 Å². The average Bonchev–Trinajstić information content (AvgIpc) is 3.10. The molecule has 8 nitrogen and oxygen atoms in total. The second kappa shape index (κ2) is 6.92. The Morgan fingerprint density at radius 2 is 1.89 bits per heavy atom. The zero-order valence-corrected chi connectivity index (χ0v) is 16.2. The Labute approximate surface area is 160 Å². The zero-order valence-electron chi connectivity index (χ0n) is 15.4. The summed E-state index contributed by atoms with van der Waals surface area (Å²) in [4.78, 5) is 13.3. The first-order chi connectivity index (χ1) is 13.1. The summed E-state index contributed by atoms with van der Waals surface area (Å²) >= 11 is 1.46. The molecule has 9 heteroatoms. The van der Waals surface area contributed by atoms with Gasteiger partial charge in [0.2, 0.25) is 11.1 Å². The molecule has 4 aromatic rings. The predicted molar refractivity (Wildman–Crippen MR) is 105 cm³/mol. The second-order valence-corrected chi connectivity index (χ2v) is 6.86. The van der Waals surface area contributed by atoms with Crippen molar-refractivity contribution in [2.45, 2.75) is 25.9 Å². The Morgan fingerprint density at radius 3 is 2.70 bits per heavy atom. The van der Waals surface area contributed by atoms with Gasteiger partial charge >= 0.3 is 0 Å².